The summed E-state index contributed by atoms with van der Waals surface area (Å²) < 4.78 is 4.66. The van der Waals surface area contributed by atoms with Crippen LogP contribution in [0.5, 0.6) is 0 Å². The molecule has 0 unspecified atom stereocenters. The highest BCUT2D eigenvalue weighted by Crippen LogP contribution is 2.18. The Balaban J connectivity index is 1.87. The molecule has 0 spiro atoms. The van der Waals surface area contributed by atoms with Gasteiger partial charge in [0.1, 0.15) is 0 Å². The van der Waals surface area contributed by atoms with Crippen molar-refractivity contribution >= 4 is 17.3 Å². The second-order valence-electron chi connectivity index (χ2n) is 4.48. The number of aromatic nitrogens is 1. The average molecular weight is 290 g/mol. The molecule has 0 aliphatic rings. The van der Waals surface area contributed by atoms with Crippen molar-refractivity contribution in [3.63, 3.8) is 0 Å². The summed E-state index contributed by atoms with van der Waals surface area (Å²) in [7, 11) is 1.41. The summed E-state index contributed by atoms with van der Waals surface area (Å²) in [5, 5.41) is 3.43. The maximum Gasteiger partial charge on any atom is 0.310 e. The van der Waals surface area contributed by atoms with Crippen molar-refractivity contribution in [1.29, 1.82) is 0 Å². The van der Waals surface area contributed by atoms with Gasteiger partial charge in [0.25, 0.3) is 0 Å². The first-order chi connectivity index (χ1) is 9.69. The summed E-state index contributed by atoms with van der Waals surface area (Å²) in [6, 6.07) is 10.1. The first-order valence-electron chi connectivity index (χ1n) is 6.47. The van der Waals surface area contributed by atoms with Gasteiger partial charge in [0.2, 0.25) is 0 Å². The van der Waals surface area contributed by atoms with Gasteiger partial charge in [-0.2, -0.15) is 0 Å². The molecular formula is C15H18N2O2S. The maximum atomic E-state index is 11.2. The fraction of sp³-hybridized carbons (Fsp3) is 0.333. The average Bonchev–Trinajstić information content (AvgIpc) is 2.93. The maximum absolute atomic E-state index is 11.2. The second kappa shape index (κ2) is 7.17. The number of pyridine rings is 1. The smallest absolute Gasteiger partial charge is 0.310 e. The van der Waals surface area contributed by atoms with Gasteiger partial charge in [-0.25, -0.2) is 0 Å². The van der Waals surface area contributed by atoms with Crippen LogP contribution in [0.15, 0.2) is 36.5 Å². The van der Waals surface area contributed by atoms with Gasteiger partial charge >= 0.3 is 5.97 Å². The van der Waals surface area contributed by atoms with Gasteiger partial charge in [-0.1, -0.05) is 6.07 Å². The molecule has 2 rings (SSSR count). The fourth-order valence-corrected chi connectivity index (χ4v) is 2.77. The van der Waals surface area contributed by atoms with Crippen molar-refractivity contribution < 1.29 is 9.53 Å². The molecule has 1 N–H and O–H groups in total. The molecule has 20 heavy (non-hydrogen) atoms. The molecule has 2 heterocycles. The molecule has 0 radical (unpaired) electrons. The lowest BCUT2D eigenvalue weighted by Crippen LogP contribution is -2.18. The van der Waals surface area contributed by atoms with E-state index in [4.69, 9.17) is 0 Å². The number of methoxy groups -OCH3 is 1. The molecule has 0 aromatic carbocycles. The van der Waals surface area contributed by atoms with Crippen LogP contribution >= 0.6 is 11.3 Å². The monoisotopic (exact) mass is 290 g/mol. The SMILES string of the molecule is COC(=O)Cc1ccc(CN[C@@H](C)c2ccccn2)s1. The minimum Gasteiger partial charge on any atom is -0.469 e. The molecule has 0 amide bonds. The molecule has 0 saturated heterocycles. The number of carbonyl (C=O) groups is 1. The number of nitrogens with one attached hydrogen (secondary N) is 1. The van der Waals surface area contributed by atoms with E-state index in [1.54, 1.807) is 17.5 Å². The van der Waals surface area contributed by atoms with Crippen molar-refractivity contribution in [2.75, 3.05) is 7.11 Å². The van der Waals surface area contributed by atoms with Crippen molar-refractivity contribution in [1.82, 2.24) is 10.3 Å². The zero-order chi connectivity index (χ0) is 14.4. The highest BCUT2D eigenvalue weighted by atomic mass is 32.1. The van der Waals surface area contributed by atoms with Crippen LogP contribution in [0.25, 0.3) is 0 Å². The normalized spacial score (nSPS) is 12.1. The molecule has 0 aliphatic heterocycles. The van der Waals surface area contributed by atoms with E-state index < -0.39 is 0 Å². The largest absolute Gasteiger partial charge is 0.469 e. The Kier molecular flexibility index (Phi) is 5.26. The van der Waals surface area contributed by atoms with Crippen LogP contribution in [0, 0.1) is 0 Å². The molecule has 5 heteroatoms. The van der Waals surface area contributed by atoms with Crippen LogP contribution in [-0.4, -0.2) is 18.1 Å². The van der Waals surface area contributed by atoms with E-state index in [0.29, 0.717) is 6.42 Å². The van der Waals surface area contributed by atoms with Crippen molar-refractivity contribution in [3.05, 3.63) is 52.0 Å². The number of hydrogen-bond donors (Lipinski definition) is 1. The summed E-state index contributed by atoms with van der Waals surface area (Å²) in [5.41, 5.74) is 1.03. The molecular weight excluding hydrogens is 272 g/mol. The van der Waals surface area contributed by atoms with E-state index in [2.05, 4.69) is 22.0 Å². The zero-order valence-electron chi connectivity index (χ0n) is 11.6. The van der Waals surface area contributed by atoms with E-state index in [1.165, 1.54) is 12.0 Å². The third kappa shape index (κ3) is 4.15. The summed E-state index contributed by atoms with van der Waals surface area (Å²) >= 11 is 1.63. The van der Waals surface area contributed by atoms with Crippen LogP contribution in [0.3, 0.4) is 0 Å². The number of ether oxygens (including phenoxy) is 1. The number of esters is 1. The van der Waals surface area contributed by atoms with Gasteiger partial charge in [0.05, 0.1) is 19.2 Å². The van der Waals surface area contributed by atoms with Crippen LogP contribution in [0.2, 0.25) is 0 Å². The van der Waals surface area contributed by atoms with E-state index in [9.17, 15) is 4.79 Å². The topological polar surface area (TPSA) is 51.2 Å². The molecule has 0 aliphatic carbocycles. The van der Waals surface area contributed by atoms with Gasteiger partial charge < -0.3 is 10.1 Å². The van der Waals surface area contributed by atoms with Crippen molar-refractivity contribution in [3.8, 4) is 0 Å². The number of nitrogens with zero attached hydrogens (tertiary/aromatic N) is 1. The Bertz CT molecular complexity index is 554. The Morgan fingerprint density at radius 1 is 1.35 bits per heavy atom. The van der Waals surface area contributed by atoms with Crippen LogP contribution in [0.1, 0.15) is 28.4 Å². The number of rotatable bonds is 6. The third-order valence-electron chi connectivity index (χ3n) is 2.98. The predicted octanol–water partition coefficient (Wildman–Crippen LogP) is 2.71. The minimum atomic E-state index is -0.201. The summed E-state index contributed by atoms with van der Waals surface area (Å²) in [6.07, 6.45) is 2.14. The molecule has 0 fully saturated rings. The van der Waals surface area contributed by atoms with Crippen LogP contribution in [-0.2, 0) is 22.5 Å². The van der Waals surface area contributed by atoms with Gasteiger partial charge in [-0.05, 0) is 31.2 Å². The lowest BCUT2D eigenvalue weighted by molar-refractivity contribution is -0.139. The third-order valence-corrected chi connectivity index (χ3v) is 4.06. The Morgan fingerprint density at radius 2 is 2.15 bits per heavy atom. The van der Waals surface area contributed by atoms with Gasteiger partial charge in [0.15, 0.2) is 0 Å². The highest BCUT2D eigenvalue weighted by Gasteiger charge is 2.08. The van der Waals surface area contributed by atoms with E-state index in [-0.39, 0.29) is 12.0 Å². The Hall–Kier alpha value is -1.72. The van der Waals surface area contributed by atoms with E-state index in [1.807, 2.05) is 30.3 Å². The predicted molar refractivity (Wildman–Crippen MR) is 79.5 cm³/mol. The standard InChI is InChI=1S/C15H18N2O2S/c1-11(14-5-3-4-8-16-14)17-10-13-7-6-12(20-13)9-15(18)19-2/h3-8,11,17H,9-10H2,1-2H3/t11-/m0/s1. The summed E-state index contributed by atoms with van der Waals surface area (Å²) in [4.78, 5) is 17.8. The molecule has 106 valence electrons. The number of thiophene rings is 1. The van der Waals surface area contributed by atoms with Gasteiger partial charge in [0, 0.05) is 28.5 Å². The number of hydrogen-bond acceptors (Lipinski definition) is 5. The fourth-order valence-electron chi connectivity index (χ4n) is 1.82. The highest BCUT2D eigenvalue weighted by molar-refractivity contribution is 7.12. The summed E-state index contributed by atoms with van der Waals surface area (Å²) in [5.74, 6) is -0.201. The number of carbonyl (C=O) groups excluding carboxylic acids is 1. The van der Waals surface area contributed by atoms with E-state index >= 15 is 0 Å². The van der Waals surface area contributed by atoms with Gasteiger partial charge in [-0.3, -0.25) is 9.78 Å². The van der Waals surface area contributed by atoms with Crippen LogP contribution in [0.4, 0.5) is 0 Å². The second-order valence-corrected chi connectivity index (χ2v) is 5.73. The lowest BCUT2D eigenvalue weighted by Gasteiger charge is -2.12. The minimum absolute atomic E-state index is 0.197. The molecule has 2 aromatic rings. The van der Waals surface area contributed by atoms with Crippen molar-refractivity contribution in [2.45, 2.75) is 25.9 Å². The Morgan fingerprint density at radius 3 is 2.85 bits per heavy atom. The molecule has 0 bridgehead atoms. The lowest BCUT2D eigenvalue weighted by atomic mass is 10.2. The van der Waals surface area contributed by atoms with E-state index in [0.717, 1.165) is 17.1 Å². The molecule has 1 atom stereocenters. The quantitative estimate of drug-likeness (QED) is 0.831. The molecule has 2 aromatic heterocycles. The first-order valence-corrected chi connectivity index (χ1v) is 7.29. The molecule has 4 nitrogen and oxygen atoms in total. The summed E-state index contributed by atoms with van der Waals surface area (Å²) in [6.45, 7) is 2.86. The zero-order valence-corrected chi connectivity index (χ0v) is 12.4. The Labute approximate surface area is 122 Å². The first kappa shape index (κ1) is 14.7. The molecule has 0 saturated carbocycles. The van der Waals surface area contributed by atoms with Crippen molar-refractivity contribution in [2.24, 2.45) is 0 Å². The van der Waals surface area contributed by atoms with Gasteiger partial charge in [-0.15, -0.1) is 11.3 Å². The van der Waals surface area contributed by atoms with Crippen LogP contribution < -0.4 is 5.32 Å².